The average Bonchev–Trinajstić information content (AvgIpc) is 2.43. The minimum absolute atomic E-state index is 0. The summed E-state index contributed by atoms with van der Waals surface area (Å²) in [6, 6.07) is 6.33. The summed E-state index contributed by atoms with van der Waals surface area (Å²) in [5, 5.41) is 0. The third kappa shape index (κ3) is 8.20. The molecule has 8 heteroatoms. The van der Waals surface area contributed by atoms with Crippen LogP contribution in [0, 0.1) is 6.92 Å². The lowest BCUT2D eigenvalue weighted by atomic mass is 10.1. The number of halogens is 4. The van der Waals surface area contributed by atoms with Crippen molar-refractivity contribution in [1.29, 1.82) is 0 Å². The molecule has 1 aromatic carbocycles. The van der Waals surface area contributed by atoms with Crippen LogP contribution in [0.2, 0.25) is 0 Å². The van der Waals surface area contributed by atoms with E-state index in [1.807, 2.05) is 31.2 Å². The Morgan fingerprint density at radius 3 is 2.35 bits per heavy atom. The van der Waals surface area contributed by atoms with Crippen LogP contribution in [-0.4, -0.2) is 49.8 Å². The molecule has 132 valence electrons. The summed E-state index contributed by atoms with van der Waals surface area (Å²) in [4.78, 5) is 12.7. The summed E-state index contributed by atoms with van der Waals surface area (Å²) in [5.41, 5.74) is 7.48. The van der Waals surface area contributed by atoms with Gasteiger partial charge in [-0.15, -0.1) is 12.4 Å². The normalized spacial score (nSPS) is 12.4. The van der Waals surface area contributed by atoms with E-state index in [4.69, 9.17) is 10.5 Å². The summed E-state index contributed by atoms with van der Waals surface area (Å²) in [5.74, 6) is -0.758. The first-order valence-corrected chi connectivity index (χ1v) is 6.88. The second-order valence-corrected chi connectivity index (χ2v) is 5.17. The standard InChI is InChI=1S/C15H21F3N2O2.ClH/c1-11-3-5-12(6-4-11)7-8-20(10-15(16,17)18)14(21)13(19)9-22-2;/h3-6,13H,7-10,19H2,1-2H3;1H. The fourth-order valence-corrected chi connectivity index (χ4v) is 1.99. The van der Waals surface area contributed by atoms with E-state index in [0.717, 1.165) is 16.0 Å². The maximum atomic E-state index is 12.6. The Hall–Kier alpha value is -1.31. The number of rotatable bonds is 7. The number of benzene rings is 1. The molecular formula is C15H22ClF3N2O2. The van der Waals surface area contributed by atoms with E-state index < -0.39 is 24.7 Å². The molecule has 1 aromatic rings. The van der Waals surface area contributed by atoms with Crippen molar-refractivity contribution >= 4 is 18.3 Å². The van der Waals surface area contributed by atoms with E-state index in [-0.39, 0.29) is 25.6 Å². The van der Waals surface area contributed by atoms with Gasteiger partial charge in [-0.3, -0.25) is 4.79 Å². The molecule has 0 spiro atoms. The van der Waals surface area contributed by atoms with Crippen LogP contribution in [0.3, 0.4) is 0 Å². The summed E-state index contributed by atoms with van der Waals surface area (Å²) in [7, 11) is 1.34. The van der Waals surface area contributed by atoms with E-state index in [0.29, 0.717) is 6.42 Å². The van der Waals surface area contributed by atoms with Gasteiger partial charge in [0.15, 0.2) is 0 Å². The van der Waals surface area contributed by atoms with Gasteiger partial charge in [-0.25, -0.2) is 0 Å². The van der Waals surface area contributed by atoms with E-state index >= 15 is 0 Å². The zero-order valence-electron chi connectivity index (χ0n) is 13.1. The smallest absolute Gasteiger partial charge is 0.383 e. The Kier molecular flexibility index (Phi) is 9.19. The minimum atomic E-state index is -4.46. The molecular weight excluding hydrogens is 333 g/mol. The zero-order chi connectivity index (χ0) is 16.8. The number of hydrogen-bond donors (Lipinski definition) is 1. The number of carbonyl (C=O) groups excluding carboxylic acids is 1. The second kappa shape index (κ2) is 9.75. The van der Waals surface area contributed by atoms with Crippen molar-refractivity contribution in [2.24, 2.45) is 5.73 Å². The van der Waals surface area contributed by atoms with Gasteiger partial charge in [-0.05, 0) is 18.9 Å². The summed E-state index contributed by atoms with van der Waals surface area (Å²) in [6.07, 6.45) is -4.13. The Bertz CT molecular complexity index is 481. The molecule has 2 N–H and O–H groups in total. The molecule has 0 aliphatic carbocycles. The van der Waals surface area contributed by atoms with Crippen molar-refractivity contribution in [3.63, 3.8) is 0 Å². The van der Waals surface area contributed by atoms with Gasteiger partial charge in [0.25, 0.3) is 0 Å². The van der Waals surface area contributed by atoms with Gasteiger partial charge in [0, 0.05) is 13.7 Å². The van der Waals surface area contributed by atoms with Crippen molar-refractivity contribution in [3.05, 3.63) is 35.4 Å². The number of alkyl halides is 3. The van der Waals surface area contributed by atoms with Crippen LogP contribution in [0.25, 0.3) is 0 Å². The SMILES string of the molecule is COCC(N)C(=O)N(CCc1ccc(C)cc1)CC(F)(F)F.Cl. The maximum Gasteiger partial charge on any atom is 0.406 e. The highest BCUT2D eigenvalue weighted by molar-refractivity contribution is 5.85. The van der Waals surface area contributed by atoms with Gasteiger partial charge in [0.05, 0.1) is 6.61 Å². The molecule has 0 fully saturated rings. The number of nitrogens with zero attached hydrogens (tertiary/aromatic N) is 1. The Balaban J connectivity index is 0.00000484. The Morgan fingerprint density at radius 2 is 1.87 bits per heavy atom. The van der Waals surface area contributed by atoms with Crippen molar-refractivity contribution in [3.8, 4) is 0 Å². The van der Waals surface area contributed by atoms with E-state index in [1.165, 1.54) is 7.11 Å². The van der Waals surface area contributed by atoms with Gasteiger partial charge in [-0.1, -0.05) is 29.8 Å². The van der Waals surface area contributed by atoms with Crippen molar-refractivity contribution in [1.82, 2.24) is 4.90 Å². The largest absolute Gasteiger partial charge is 0.406 e. The molecule has 4 nitrogen and oxygen atoms in total. The number of ether oxygens (including phenoxy) is 1. The topological polar surface area (TPSA) is 55.6 Å². The van der Waals surface area contributed by atoms with Gasteiger partial charge in [-0.2, -0.15) is 13.2 Å². The third-order valence-corrected chi connectivity index (χ3v) is 3.14. The minimum Gasteiger partial charge on any atom is -0.383 e. The molecule has 0 bridgehead atoms. The highest BCUT2D eigenvalue weighted by Crippen LogP contribution is 2.17. The Labute approximate surface area is 140 Å². The molecule has 0 aliphatic rings. The van der Waals surface area contributed by atoms with Gasteiger partial charge in [0.1, 0.15) is 12.6 Å². The predicted molar refractivity (Wildman–Crippen MR) is 84.6 cm³/mol. The number of amides is 1. The van der Waals surface area contributed by atoms with Crippen molar-refractivity contribution in [2.45, 2.75) is 25.6 Å². The molecule has 1 atom stereocenters. The van der Waals surface area contributed by atoms with Gasteiger partial charge >= 0.3 is 6.18 Å². The first kappa shape index (κ1) is 21.7. The quantitative estimate of drug-likeness (QED) is 0.817. The number of hydrogen-bond acceptors (Lipinski definition) is 3. The van der Waals surface area contributed by atoms with Crippen molar-refractivity contribution in [2.75, 3.05) is 26.8 Å². The highest BCUT2D eigenvalue weighted by Gasteiger charge is 2.34. The van der Waals surface area contributed by atoms with E-state index in [1.54, 1.807) is 0 Å². The monoisotopic (exact) mass is 354 g/mol. The summed E-state index contributed by atoms with van der Waals surface area (Å²) in [6.45, 7) is 0.457. The van der Waals surface area contributed by atoms with Crippen LogP contribution in [-0.2, 0) is 16.0 Å². The first-order chi connectivity index (χ1) is 10.2. The number of methoxy groups -OCH3 is 1. The second-order valence-electron chi connectivity index (χ2n) is 5.17. The van der Waals surface area contributed by atoms with E-state index in [9.17, 15) is 18.0 Å². The van der Waals surface area contributed by atoms with Crippen LogP contribution in [0.5, 0.6) is 0 Å². The summed E-state index contributed by atoms with van der Waals surface area (Å²) < 4.78 is 42.6. The molecule has 23 heavy (non-hydrogen) atoms. The Morgan fingerprint density at radius 1 is 1.30 bits per heavy atom. The molecule has 1 rings (SSSR count). The fourth-order valence-electron chi connectivity index (χ4n) is 1.99. The maximum absolute atomic E-state index is 12.6. The number of aryl methyl sites for hydroxylation is 1. The number of carbonyl (C=O) groups is 1. The molecule has 1 unspecified atom stereocenters. The van der Waals surface area contributed by atoms with Gasteiger partial charge in [0.2, 0.25) is 5.91 Å². The van der Waals surface area contributed by atoms with Crippen LogP contribution >= 0.6 is 12.4 Å². The molecule has 0 saturated heterocycles. The molecule has 0 radical (unpaired) electrons. The van der Waals surface area contributed by atoms with Crippen LogP contribution in [0.4, 0.5) is 13.2 Å². The van der Waals surface area contributed by atoms with Crippen LogP contribution in [0.1, 0.15) is 11.1 Å². The molecule has 0 saturated carbocycles. The zero-order valence-corrected chi connectivity index (χ0v) is 13.9. The molecule has 0 aromatic heterocycles. The average molecular weight is 355 g/mol. The van der Waals surface area contributed by atoms with Crippen LogP contribution < -0.4 is 5.73 Å². The molecule has 0 aliphatic heterocycles. The lowest BCUT2D eigenvalue weighted by Gasteiger charge is -2.26. The lowest BCUT2D eigenvalue weighted by molar-refractivity contribution is -0.162. The van der Waals surface area contributed by atoms with E-state index in [2.05, 4.69) is 0 Å². The highest BCUT2D eigenvalue weighted by atomic mass is 35.5. The molecule has 1 amide bonds. The van der Waals surface area contributed by atoms with Crippen LogP contribution in [0.15, 0.2) is 24.3 Å². The number of nitrogens with two attached hydrogens (primary N) is 1. The van der Waals surface area contributed by atoms with Crippen molar-refractivity contribution < 1.29 is 22.7 Å². The van der Waals surface area contributed by atoms with Gasteiger partial charge < -0.3 is 15.4 Å². The lowest BCUT2D eigenvalue weighted by Crippen LogP contribution is -2.49. The first-order valence-electron chi connectivity index (χ1n) is 6.88. The summed E-state index contributed by atoms with van der Waals surface area (Å²) >= 11 is 0. The predicted octanol–water partition coefficient (Wildman–Crippen LogP) is 2.32. The molecule has 0 heterocycles. The fraction of sp³-hybridized carbons (Fsp3) is 0.533. The third-order valence-electron chi connectivity index (χ3n) is 3.14.